The third kappa shape index (κ3) is 3.51. The third-order valence-electron chi connectivity index (χ3n) is 3.06. The Labute approximate surface area is 142 Å². The smallest absolute Gasteiger partial charge is 0.295 e. The molecule has 0 aliphatic heterocycles. The Kier molecular flexibility index (Phi) is 4.83. The highest BCUT2D eigenvalue weighted by atomic mass is 79.9. The molecule has 0 fully saturated rings. The van der Waals surface area contributed by atoms with Gasteiger partial charge in [-0.1, -0.05) is 0 Å². The number of carbonyl (C=O) groups excluding carboxylic acids is 2. The minimum atomic E-state index is -1.00. The van der Waals surface area contributed by atoms with Crippen molar-refractivity contribution in [3.8, 4) is 0 Å². The molecule has 2 rings (SSSR count). The van der Waals surface area contributed by atoms with Crippen LogP contribution in [-0.4, -0.2) is 21.3 Å². The highest BCUT2D eigenvalue weighted by Gasteiger charge is 2.22. The van der Waals surface area contributed by atoms with Crippen LogP contribution in [0.4, 0.5) is 15.8 Å². The summed E-state index contributed by atoms with van der Waals surface area (Å²) in [7, 11) is 1.62. The molecule has 0 saturated carbocycles. The van der Waals surface area contributed by atoms with E-state index in [2.05, 4.69) is 21.4 Å². The average Bonchev–Trinajstić information content (AvgIpc) is 2.84. The number of nitro groups is 1. The largest absolute Gasteiger partial charge is 0.393 e. The third-order valence-corrected chi connectivity index (χ3v) is 3.49. The van der Waals surface area contributed by atoms with Gasteiger partial charge in [0.15, 0.2) is 0 Å². The molecule has 0 bridgehead atoms. The van der Waals surface area contributed by atoms with Crippen LogP contribution in [0.2, 0.25) is 0 Å². The molecule has 1 aromatic carbocycles. The van der Waals surface area contributed by atoms with Crippen LogP contribution in [0, 0.1) is 15.9 Å². The molecular weight excluding hydrogens is 389 g/mol. The van der Waals surface area contributed by atoms with Crippen LogP contribution in [0.3, 0.4) is 0 Å². The molecule has 1 heterocycles. The van der Waals surface area contributed by atoms with E-state index in [1.165, 1.54) is 10.6 Å². The van der Waals surface area contributed by atoms with E-state index in [9.17, 15) is 24.1 Å². The average molecular weight is 400 g/mol. The molecule has 2 amide bonds. The van der Waals surface area contributed by atoms with Crippen molar-refractivity contribution < 1.29 is 18.9 Å². The van der Waals surface area contributed by atoms with Gasteiger partial charge in [0.2, 0.25) is 0 Å². The summed E-state index contributed by atoms with van der Waals surface area (Å²) in [4.78, 5) is 33.9. The summed E-state index contributed by atoms with van der Waals surface area (Å²) in [5.41, 5.74) is 8.19. The molecule has 2 aromatic rings. The second-order valence-corrected chi connectivity index (χ2v) is 5.62. The standard InChI is InChI=1S/C13H11BrFN5O4/c1-19-5-6(14)2-10(19)13(22)18-17-12(21)8-3-7(15)4-9(11(8)16)20(23)24/h2-5H,16H2,1H3,(H,17,21)(H,18,22). The van der Waals surface area contributed by atoms with E-state index >= 15 is 0 Å². The summed E-state index contributed by atoms with van der Waals surface area (Å²) >= 11 is 3.20. The first-order valence-electron chi connectivity index (χ1n) is 6.36. The highest BCUT2D eigenvalue weighted by molar-refractivity contribution is 9.10. The zero-order valence-corrected chi connectivity index (χ0v) is 13.8. The van der Waals surface area contributed by atoms with Gasteiger partial charge in [0, 0.05) is 17.7 Å². The number of nitrogens with one attached hydrogen (secondary N) is 2. The summed E-state index contributed by atoms with van der Waals surface area (Å²) in [5.74, 6) is -2.63. The Morgan fingerprint density at radius 1 is 1.29 bits per heavy atom. The lowest BCUT2D eigenvalue weighted by molar-refractivity contribution is -0.384. The fourth-order valence-electron chi connectivity index (χ4n) is 1.94. The monoisotopic (exact) mass is 399 g/mol. The van der Waals surface area contributed by atoms with Crippen LogP contribution in [-0.2, 0) is 7.05 Å². The minimum absolute atomic E-state index is 0.236. The molecule has 9 nitrogen and oxygen atoms in total. The van der Waals surface area contributed by atoms with Gasteiger partial charge in [-0.15, -0.1) is 0 Å². The maximum atomic E-state index is 13.4. The Morgan fingerprint density at radius 2 is 1.92 bits per heavy atom. The number of hydrazine groups is 1. The number of nitrogens with two attached hydrogens (primary N) is 1. The van der Waals surface area contributed by atoms with Crippen LogP contribution < -0.4 is 16.6 Å². The van der Waals surface area contributed by atoms with Crippen molar-refractivity contribution in [2.75, 3.05) is 5.73 Å². The van der Waals surface area contributed by atoms with Gasteiger partial charge in [-0.25, -0.2) is 4.39 Å². The van der Waals surface area contributed by atoms with E-state index in [1.807, 2.05) is 5.43 Å². The van der Waals surface area contributed by atoms with Crippen molar-refractivity contribution in [1.29, 1.82) is 0 Å². The fraction of sp³-hybridized carbons (Fsp3) is 0.0769. The molecule has 4 N–H and O–H groups in total. The van der Waals surface area contributed by atoms with Gasteiger partial charge >= 0.3 is 0 Å². The highest BCUT2D eigenvalue weighted by Crippen LogP contribution is 2.26. The zero-order chi connectivity index (χ0) is 18.0. The molecular formula is C13H11BrFN5O4. The second kappa shape index (κ2) is 6.66. The number of hydrogen-bond acceptors (Lipinski definition) is 5. The van der Waals surface area contributed by atoms with Crippen molar-refractivity contribution >= 4 is 39.1 Å². The molecule has 0 spiro atoms. The Balaban J connectivity index is 2.17. The molecule has 0 radical (unpaired) electrons. The number of amides is 2. The van der Waals surface area contributed by atoms with Gasteiger partial charge < -0.3 is 10.3 Å². The lowest BCUT2D eigenvalue weighted by Crippen LogP contribution is -2.42. The van der Waals surface area contributed by atoms with Crippen molar-refractivity contribution in [2.24, 2.45) is 7.05 Å². The molecule has 0 atom stereocenters. The quantitative estimate of drug-likeness (QED) is 0.408. The number of rotatable bonds is 3. The predicted octanol–water partition coefficient (Wildman–Crippen LogP) is 1.49. The topological polar surface area (TPSA) is 132 Å². The maximum absolute atomic E-state index is 13.4. The van der Waals surface area contributed by atoms with Crippen LogP contribution in [0.15, 0.2) is 28.9 Å². The van der Waals surface area contributed by atoms with Gasteiger partial charge in [0.05, 0.1) is 16.6 Å². The predicted molar refractivity (Wildman–Crippen MR) is 85.5 cm³/mol. The lowest BCUT2D eigenvalue weighted by atomic mass is 10.1. The summed E-state index contributed by atoms with van der Waals surface area (Å²) < 4.78 is 15.6. The van der Waals surface area contributed by atoms with Crippen molar-refractivity contribution in [1.82, 2.24) is 15.4 Å². The van der Waals surface area contributed by atoms with E-state index in [1.54, 1.807) is 13.2 Å². The molecule has 0 saturated heterocycles. The summed E-state index contributed by atoms with van der Waals surface area (Å²) in [5, 5.41) is 10.8. The first kappa shape index (κ1) is 17.4. The number of aromatic nitrogens is 1. The first-order valence-corrected chi connectivity index (χ1v) is 7.16. The number of carbonyl (C=O) groups is 2. The van der Waals surface area contributed by atoms with Gasteiger partial charge in [-0.05, 0) is 28.1 Å². The SMILES string of the molecule is Cn1cc(Br)cc1C(=O)NNC(=O)c1cc(F)cc([N+](=O)[O-])c1N. The van der Waals surface area contributed by atoms with Crippen LogP contribution >= 0.6 is 15.9 Å². The zero-order valence-electron chi connectivity index (χ0n) is 12.2. The molecule has 126 valence electrons. The van der Waals surface area contributed by atoms with E-state index in [0.29, 0.717) is 10.5 Å². The van der Waals surface area contributed by atoms with Gasteiger partial charge in [0.25, 0.3) is 17.5 Å². The number of aryl methyl sites for hydroxylation is 1. The number of benzene rings is 1. The molecule has 1 aromatic heterocycles. The van der Waals surface area contributed by atoms with Gasteiger partial charge in [-0.3, -0.25) is 30.6 Å². The van der Waals surface area contributed by atoms with Crippen LogP contribution in [0.25, 0.3) is 0 Å². The van der Waals surface area contributed by atoms with Crippen molar-refractivity contribution in [3.63, 3.8) is 0 Å². The van der Waals surface area contributed by atoms with Crippen molar-refractivity contribution in [3.05, 3.63) is 56.1 Å². The molecule has 0 aliphatic carbocycles. The van der Waals surface area contributed by atoms with E-state index in [-0.39, 0.29) is 5.69 Å². The normalized spacial score (nSPS) is 10.3. The number of anilines is 1. The summed E-state index contributed by atoms with van der Waals surface area (Å²) in [6.45, 7) is 0. The number of nitrogen functional groups attached to an aromatic ring is 1. The van der Waals surface area contributed by atoms with E-state index in [0.717, 1.165) is 6.07 Å². The number of hydrogen-bond donors (Lipinski definition) is 3. The van der Waals surface area contributed by atoms with Gasteiger partial charge in [-0.2, -0.15) is 0 Å². The summed E-state index contributed by atoms with van der Waals surface area (Å²) in [6, 6.07) is 2.86. The van der Waals surface area contributed by atoms with E-state index in [4.69, 9.17) is 5.73 Å². The molecule has 24 heavy (non-hydrogen) atoms. The molecule has 0 unspecified atom stereocenters. The Morgan fingerprint density at radius 3 is 2.46 bits per heavy atom. The first-order chi connectivity index (χ1) is 11.2. The lowest BCUT2D eigenvalue weighted by Gasteiger charge is -2.10. The van der Waals surface area contributed by atoms with E-state index < -0.39 is 39.5 Å². The number of halogens is 2. The summed E-state index contributed by atoms with van der Waals surface area (Å²) in [6.07, 6.45) is 1.63. The number of nitrogens with zero attached hydrogens (tertiary/aromatic N) is 2. The minimum Gasteiger partial charge on any atom is -0.393 e. The van der Waals surface area contributed by atoms with Crippen LogP contribution in [0.5, 0.6) is 0 Å². The second-order valence-electron chi connectivity index (χ2n) is 4.71. The maximum Gasteiger partial charge on any atom is 0.295 e. The molecule has 0 aliphatic rings. The van der Waals surface area contributed by atoms with Gasteiger partial charge in [0.1, 0.15) is 17.2 Å². The van der Waals surface area contributed by atoms with Crippen LogP contribution in [0.1, 0.15) is 20.8 Å². The number of nitro benzene ring substituents is 1. The fourth-order valence-corrected chi connectivity index (χ4v) is 2.46. The van der Waals surface area contributed by atoms with Crippen molar-refractivity contribution in [2.45, 2.75) is 0 Å². The Bertz CT molecular complexity index is 851. The Hall–Kier alpha value is -2.95. The molecule has 11 heteroatoms.